The number of amides is 1. The first kappa shape index (κ1) is 24.8. The maximum absolute atomic E-state index is 13.2. The molecule has 1 fully saturated rings. The van der Waals surface area contributed by atoms with E-state index in [4.69, 9.17) is 19.6 Å². The molecule has 0 saturated carbocycles. The molecule has 1 amide bonds. The van der Waals surface area contributed by atoms with E-state index in [9.17, 15) is 14.4 Å². The van der Waals surface area contributed by atoms with Gasteiger partial charge in [0.1, 0.15) is 29.5 Å². The molecule has 2 aliphatic heterocycles. The van der Waals surface area contributed by atoms with Crippen LogP contribution in [0.3, 0.4) is 0 Å². The summed E-state index contributed by atoms with van der Waals surface area (Å²) in [6, 6.07) is 7.43. The van der Waals surface area contributed by atoms with E-state index in [1.165, 1.54) is 18.7 Å². The average molecular weight is 497 g/mol. The number of nitrogens with one attached hydrogen (secondary N) is 2. The zero-order valence-electron chi connectivity index (χ0n) is 20.4. The predicted molar refractivity (Wildman–Crippen MR) is 133 cm³/mol. The molecule has 2 aromatic rings. The summed E-state index contributed by atoms with van der Waals surface area (Å²) in [5, 5.41) is 9.96. The number of amidine groups is 1. The van der Waals surface area contributed by atoms with Crippen molar-refractivity contribution in [2.75, 3.05) is 6.61 Å². The van der Waals surface area contributed by atoms with Crippen molar-refractivity contribution in [1.29, 1.82) is 5.41 Å². The summed E-state index contributed by atoms with van der Waals surface area (Å²) in [5.41, 5.74) is 2.67. The van der Waals surface area contributed by atoms with Crippen LogP contribution in [0.1, 0.15) is 52.9 Å². The molecule has 2 heterocycles. The average Bonchev–Trinajstić information content (AvgIpc) is 3.10. The molecule has 2 atom stereocenters. The van der Waals surface area contributed by atoms with E-state index in [-0.39, 0.29) is 35.1 Å². The number of esters is 1. The largest absolute Gasteiger partial charge is 0.489 e. The molecule has 4 rings (SSSR count). The van der Waals surface area contributed by atoms with Gasteiger partial charge in [-0.05, 0) is 62.9 Å². The number of benzene rings is 2. The molecule has 2 aliphatic rings. The van der Waals surface area contributed by atoms with Gasteiger partial charge in [-0.15, -0.1) is 0 Å². The van der Waals surface area contributed by atoms with Crippen molar-refractivity contribution in [3.63, 3.8) is 0 Å². The second-order valence-corrected chi connectivity index (χ2v) is 10.4. The molecule has 1 saturated heterocycles. The Kier molecular flexibility index (Phi) is 6.64. The van der Waals surface area contributed by atoms with E-state index in [1.54, 1.807) is 6.92 Å². The van der Waals surface area contributed by atoms with Gasteiger partial charge in [0, 0.05) is 12.5 Å². The fraction of sp³-hybridized carbons (Fsp3) is 0.385. The van der Waals surface area contributed by atoms with E-state index in [0.29, 0.717) is 34.8 Å². The molecule has 2 aromatic carbocycles. The van der Waals surface area contributed by atoms with E-state index >= 15 is 0 Å². The Balaban J connectivity index is 1.47. The van der Waals surface area contributed by atoms with Crippen molar-refractivity contribution in [2.24, 2.45) is 0 Å². The molecule has 0 bridgehead atoms. The number of hydrogen-bond donors (Lipinski definition) is 2. The van der Waals surface area contributed by atoms with Gasteiger partial charge in [-0.2, -0.15) is 0 Å². The Hall–Kier alpha value is -3.33. The van der Waals surface area contributed by atoms with Gasteiger partial charge in [0.05, 0.1) is 17.2 Å². The van der Waals surface area contributed by atoms with Crippen LogP contribution in [0.2, 0.25) is 0 Å². The normalized spacial score (nSPS) is 21.3. The number of rotatable bonds is 6. The molecule has 9 heteroatoms. The Morgan fingerprint density at radius 3 is 2.46 bits per heavy atom. The molecule has 8 nitrogen and oxygen atoms in total. The molecule has 0 radical (unpaired) electrons. The Morgan fingerprint density at radius 2 is 1.86 bits per heavy atom. The predicted octanol–water partition coefficient (Wildman–Crippen LogP) is 4.05. The minimum Gasteiger partial charge on any atom is -0.489 e. The molecular formula is C26H28N2O6S. The lowest BCUT2D eigenvalue weighted by Gasteiger charge is -2.36. The number of fused-ring (bicyclic) bond motifs is 1. The molecular weight excluding hydrogens is 468 g/mol. The van der Waals surface area contributed by atoms with Crippen LogP contribution in [0.25, 0.3) is 0 Å². The smallest absolute Gasteiger partial charge is 0.308 e. The molecule has 0 aromatic heterocycles. The lowest BCUT2D eigenvalue weighted by molar-refractivity contribution is -0.132. The lowest BCUT2D eigenvalue weighted by atomic mass is 9.86. The van der Waals surface area contributed by atoms with Crippen LogP contribution in [0.4, 0.5) is 0 Å². The minimum absolute atomic E-state index is 0.0837. The van der Waals surface area contributed by atoms with Gasteiger partial charge in [-0.3, -0.25) is 19.8 Å². The highest BCUT2D eigenvalue weighted by Gasteiger charge is 2.40. The zero-order chi connectivity index (χ0) is 25.5. The number of carbonyl (C=O) groups is 3. The van der Waals surface area contributed by atoms with Crippen molar-refractivity contribution in [3.8, 4) is 17.2 Å². The SMILES string of the molecule is CC(=O)Oc1c(C)c(C)c2c(c1C)C(=O)CC(C)(COc1ccc(CC3SC(=N)NC3=O)cc1)O2. The van der Waals surface area contributed by atoms with Crippen LogP contribution in [-0.2, 0) is 16.0 Å². The van der Waals surface area contributed by atoms with Crippen molar-refractivity contribution < 1.29 is 28.6 Å². The number of hydrogen-bond acceptors (Lipinski definition) is 8. The molecule has 0 spiro atoms. The second-order valence-electron chi connectivity index (χ2n) is 9.22. The summed E-state index contributed by atoms with van der Waals surface area (Å²) >= 11 is 1.22. The summed E-state index contributed by atoms with van der Waals surface area (Å²) in [7, 11) is 0. The summed E-state index contributed by atoms with van der Waals surface area (Å²) in [6.45, 7) is 8.81. The lowest BCUT2D eigenvalue weighted by Crippen LogP contribution is -2.45. The Labute approximate surface area is 208 Å². The first-order valence-corrected chi connectivity index (χ1v) is 12.2. The van der Waals surface area contributed by atoms with E-state index < -0.39 is 11.6 Å². The standard InChI is InChI=1S/C26H28N2O6S/c1-13-14(2)23-21(15(3)22(13)33-16(4)29)19(30)11-26(5,34-23)12-32-18-8-6-17(7-9-18)10-20-24(31)28-25(27)35-20/h6-9,20H,10-12H2,1-5H3,(H2,27,28,31). The van der Waals surface area contributed by atoms with Gasteiger partial charge in [-0.1, -0.05) is 23.9 Å². The number of thioether (sulfide) groups is 1. The van der Waals surface area contributed by atoms with Crippen LogP contribution < -0.4 is 19.5 Å². The highest BCUT2D eigenvalue weighted by atomic mass is 32.2. The number of carbonyl (C=O) groups excluding carboxylic acids is 3. The molecule has 184 valence electrons. The van der Waals surface area contributed by atoms with Gasteiger partial charge >= 0.3 is 5.97 Å². The van der Waals surface area contributed by atoms with Crippen LogP contribution in [-0.4, -0.2) is 40.3 Å². The summed E-state index contributed by atoms with van der Waals surface area (Å²) in [6.07, 6.45) is 0.652. The van der Waals surface area contributed by atoms with Crippen molar-refractivity contribution >= 4 is 34.6 Å². The first-order valence-electron chi connectivity index (χ1n) is 11.3. The van der Waals surface area contributed by atoms with Gasteiger partial charge in [0.2, 0.25) is 5.91 Å². The monoisotopic (exact) mass is 496 g/mol. The summed E-state index contributed by atoms with van der Waals surface area (Å²) in [5.74, 6) is 0.881. The van der Waals surface area contributed by atoms with Crippen molar-refractivity contribution in [3.05, 3.63) is 52.1 Å². The highest BCUT2D eigenvalue weighted by molar-refractivity contribution is 8.15. The molecule has 2 unspecified atom stereocenters. The van der Waals surface area contributed by atoms with Crippen molar-refractivity contribution in [1.82, 2.24) is 5.32 Å². The third-order valence-corrected chi connectivity index (χ3v) is 7.27. The molecule has 35 heavy (non-hydrogen) atoms. The first-order chi connectivity index (χ1) is 16.5. The quantitative estimate of drug-likeness (QED) is 0.458. The van der Waals surface area contributed by atoms with Crippen molar-refractivity contribution in [2.45, 2.75) is 58.3 Å². The van der Waals surface area contributed by atoms with E-state index in [1.807, 2.05) is 45.0 Å². The minimum atomic E-state index is -0.867. The fourth-order valence-electron chi connectivity index (χ4n) is 4.37. The van der Waals surface area contributed by atoms with Crippen LogP contribution in [0, 0.1) is 26.2 Å². The van der Waals surface area contributed by atoms with Crippen LogP contribution in [0.15, 0.2) is 24.3 Å². The van der Waals surface area contributed by atoms with Gasteiger partial charge in [0.25, 0.3) is 0 Å². The summed E-state index contributed by atoms with van der Waals surface area (Å²) in [4.78, 5) is 36.6. The number of ketones is 1. The van der Waals surface area contributed by atoms with Crippen LogP contribution in [0.5, 0.6) is 17.2 Å². The maximum Gasteiger partial charge on any atom is 0.308 e. The number of Topliss-reactive ketones (excluding diaryl/α,β-unsaturated/α-hetero) is 1. The van der Waals surface area contributed by atoms with E-state index in [0.717, 1.165) is 16.7 Å². The highest BCUT2D eigenvalue weighted by Crippen LogP contribution is 2.44. The van der Waals surface area contributed by atoms with Gasteiger partial charge in [-0.25, -0.2) is 0 Å². The zero-order valence-corrected chi connectivity index (χ0v) is 21.2. The number of ether oxygens (including phenoxy) is 3. The third-order valence-electron chi connectivity index (χ3n) is 6.27. The van der Waals surface area contributed by atoms with Gasteiger partial charge in [0.15, 0.2) is 11.0 Å². The Morgan fingerprint density at radius 1 is 1.17 bits per heavy atom. The van der Waals surface area contributed by atoms with E-state index in [2.05, 4.69) is 5.32 Å². The molecule has 0 aliphatic carbocycles. The Bertz CT molecular complexity index is 1240. The van der Waals surface area contributed by atoms with Gasteiger partial charge < -0.3 is 19.5 Å². The third kappa shape index (κ3) is 5.05. The second kappa shape index (κ2) is 9.37. The topological polar surface area (TPSA) is 115 Å². The maximum atomic E-state index is 13.2. The summed E-state index contributed by atoms with van der Waals surface area (Å²) < 4.78 is 17.7. The fourth-order valence-corrected chi connectivity index (χ4v) is 5.25. The molecule has 2 N–H and O–H groups in total. The van der Waals surface area contributed by atoms with Crippen LogP contribution >= 0.6 is 11.8 Å².